The predicted molar refractivity (Wildman–Crippen MR) is 54.0 cm³/mol. The van der Waals surface area contributed by atoms with Crippen molar-refractivity contribution in [2.75, 3.05) is 6.54 Å². The molecule has 0 heterocycles. The number of rotatable bonds is 4. The highest BCUT2D eigenvalue weighted by molar-refractivity contribution is 7.19. The quantitative estimate of drug-likeness (QED) is 0.641. The Morgan fingerprint density at radius 3 is 2.64 bits per heavy atom. The maximum Gasteiger partial charge on any atom is 0.0108 e. The molecule has 11 heavy (non-hydrogen) atoms. The minimum absolute atomic E-state index is 0.479. The summed E-state index contributed by atoms with van der Waals surface area (Å²) >= 11 is 0. The molecule has 0 radical (unpaired) electrons. The zero-order valence-corrected chi connectivity index (χ0v) is 9.01. The molecular formula is C9H20NP. The van der Waals surface area contributed by atoms with Crippen LogP contribution in [-0.4, -0.2) is 17.7 Å². The lowest BCUT2D eigenvalue weighted by Gasteiger charge is -2.22. The topological polar surface area (TPSA) is 12.0 Å². The van der Waals surface area contributed by atoms with Crippen molar-refractivity contribution >= 4 is 9.24 Å². The molecule has 66 valence electrons. The Morgan fingerprint density at radius 2 is 2.18 bits per heavy atom. The molecule has 0 aromatic rings. The SMILES string of the molecule is CCNC1CC1C(C)(P)CC. The fraction of sp³-hybridized carbons (Fsp3) is 1.00. The smallest absolute Gasteiger partial charge is 0.0108 e. The van der Waals surface area contributed by atoms with E-state index >= 15 is 0 Å². The van der Waals surface area contributed by atoms with Crippen molar-refractivity contribution in [2.45, 2.75) is 44.8 Å². The van der Waals surface area contributed by atoms with E-state index in [9.17, 15) is 0 Å². The summed E-state index contributed by atoms with van der Waals surface area (Å²) in [4.78, 5) is 0. The molecule has 4 atom stereocenters. The summed E-state index contributed by atoms with van der Waals surface area (Å²) in [7, 11) is 3.00. The Balaban J connectivity index is 2.30. The van der Waals surface area contributed by atoms with Crippen LogP contribution >= 0.6 is 9.24 Å². The van der Waals surface area contributed by atoms with Crippen LogP contribution < -0.4 is 5.32 Å². The van der Waals surface area contributed by atoms with Crippen molar-refractivity contribution in [1.82, 2.24) is 5.32 Å². The van der Waals surface area contributed by atoms with Crippen LogP contribution in [0.15, 0.2) is 0 Å². The normalized spacial score (nSPS) is 34.9. The van der Waals surface area contributed by atoms with Gasteiger partial charge in [0.1, 0.15) is 0 Å². The van der Waals surface area contributed by atoms with Crippen LogP contribution in [0.5, 0.6) is 0 Å². The molecule has 0 amide bonds. The molecule has 1 saturated carbocycles. The minimum atomic E-state index is 0.479. The summed E-state index contributed by atoms with van der Waals surface area (Å²) in [5.41, 5.74) is 0. The van der Waals surface area contributed by atoms with Crippen LogP contribution in [0.4, 0.5) is 0 Å². The van der Waals surface area contributed by atoms with Gasteiger partial charge < -0.3 is 5.32 Å². The lowest BCUT2D eigenvalue weighted by molar-refractivity contribution is 0.509. The molecule has 1 aliphatic rings. The molecule has 1 nitrogen and oxygen atoms in total. The third-order valence-electron chi connectivity index (χ3n) is 2.87. The number of hydrogen-bond acceptors (Lipinski definition) is 1. The average Bonchev–Trinajstić information content (AvgIpc) is 2.69. The van der Waals surface area contributed by atoms with Gasteiger partial charge in [-0.3, -0.25) is 0 Å². The first-order valence-corrected chi connectivity index (χ1v) is 5.21. The Kier molecular flexibility index (Phi) is 2.94. The maximum atomic E-state index is 3.50. The fourth-order valence-corrected chi connectivity index (χ4v) is 2.04. The number of hydrogen-bond donors (Lipinski definition) is 1. The second-order valence-corrected chi connectivity index (χ2v) is 5.18. The summed E-state index contributed by atoms with van der Waals surface area (Å²) in [6, 6.07) is 0.808. The van der Waals surface area contributed by atoms with Crippen molar-refractivity contribution < 1.29 is 0 Å². The van der Waals surface area contributed by atoms with Crippen LogP contribution in [0.2, 0.25) is 0 Å². The van der Waals surface area contributed by atoms with E-state index in [0.29, 0.717) is 5.16 Å². The molecule has 4 unspecified atom stereocenters. The van der Waals surface area contributed by atoms with E-state index in [0.717, 1.165) is 18.5 Å². The van der Waals surface area contributed by atoms with Crippen LogP contribution in [-0.2, 0) is 0 Å². The molecule has 1 aliphatic carbocycles. The minimum Gasteiger partial charge on any atom is -0.314 e. The summed E-state index contributed by atoms with van der Waals surface area (Å²) < 4.78 is 0. The van der Waals surface area contributed by atoms with E-state index in [-0.39, 0.29) is 0 Å². The van der Waals surface area contributed by atoms with Gasteiger partial charge in [0, 0.05) is 6.04 Å². The molecule has 0 aliphatic heterocycles. The fourth-order valence-electron chi connectivity index (χ4n) is 1.67. The Morgan fingerprint density at radius 1 is 1.55 bits per heavy atom. The van der Waals surface area contributed by atoms with E-state index in [1.54, 1.807) is 0 Å². The van der Waals surface area contributed by atoms with E-state index in [2.05, 4.69) is 35.3 Å². The maximum absolute atomic E-state index is 3.50. The first kappa shape index (κ1) is 9.48. The zero-order valence-electron chi connectivity index (χ0n) is 7.85. The molecule has 0 bridgehead atoms. The van der Waals surface area contributed by atoms with Crippen molar-refractivity contribution in [3.63, 3.8) is 0 Å². The van der Waals surface area contributed by atoms with Gasteiger partial charge in [-0.2, -0.15) is 0 Å². The van der Waals surface area contributed by atoms with Gasteiger partial charge in [0.25, 0.3) is 0 Å². The molecule has 0 spiro atoms. The highest BCUT2D eigenvalue weighted by atomic mass is 31.0. The summed E-state index contributed by atoms with van der Waals surface area (Å²) in [5, 5.41) is 3.98. The van der Waals surface area contributed by atoms with E-state index in [1.807, 2.05) is 0 Å². The Hall–Kier alpha value is 0.390. The van der Waals surface area contributed by atoms with Gasteiger partial charge in [-0.1, -0.05) is 20.8 Å². The van der Waals surface area contributed by atoms with Crippen molar-refractivity contribution in [2.24, 2.45) is 5.92 Å². The highest BCUT2D eigenvalue weighted by Crippen LogP contribution is 2.46. The first-order chi connectivity index (χ1) is 5.11. The summed E-state index contributed by atoms with van der Waals surface area (Å²) in [6.07, 6.45) is 2.64. The van der Waals surface area contributed by atoms with Crippen LogP contribution in [0.3, 0.4) is 0 Å². The zero-order chi connectivity index (χ0) is 8.48. The van der Waals surface area contributed by atoms with E-state index < -0.39 is 0 Å². The second kappa shape index (κ2) is 3.41. The number of nitrogens with one attached hydrogen (secondary N) is 1. The summed E-state index contributed by atoms with van der Waals surface area (Å²) in [6.45, 7) is 7.92. The highest BCUT2D eigenvalue weighted by Gasteiger charge is 2.45. The third-order valence-corrected chi connectivity index (χ3v) is 3.70. The lowest BCUT2D eigenvalue weighted by Crippen LogP contribution is -2.25. The van der Waals surface area contributed by atoms with E-state index in [4.69, 9.17) is 0 Å². The monoisotopic (exact) mass is 173 g/mol. The molecule has 1 N–H and O–H groups in total. The molecule has 2 heteroatoms. The van der Waals surface area contributed by atoms with Crippen molar-refractivity contribution in [3.05, 3.63) is 0 Å². The summed E-state index contributed by atoms with van der Waals surface area (Å²) in [5.74, 6) is 0.900. The Bertz CT molecular complexity index is 134. The molecule has 0 aromatic carbocycles. The van der Waals surface area contributed by atoms with Crippen LogP contribution in [0.25, 0.3) is 0 Å². The van der Waals surface area contributed by atoms with Gasteiger partial charge in [0.15, 0.2) is 0 Å². The largest absolute Gasteiger partial charge is 0.314 e. The molecular weight excluding hydrogens is 153 g/mol. The molecule has 0 aromatic heterocycles. The van der Waals surface area contributed by atoms with Gasteiger partial charge in [0.05, 0.1) is 0 Å². The lowest BCUT2D eigenvalue weighted by atomic mass is 10.0. The van der Waals surface area contributed by atoms with Crippen LogP contribution in [0, 0.1) is 5.92 Å². The molecule has 0 saturated heterocycles. The third kappa shape index (κ3) is 2.16. The van der Waals surface area contributed by atoms with Gasteiger partial charge in [-0.15, -0.1) is 9.24 Å². The second-order valence-electron chi connectivity index (χ2n) is 3.87. The van der Waals surface area contributed by atoms with Crippen molar-refractivity contribution in [3.8, 4) is 0 Å². The predicted octanol–water partition coefficient (Wildman–Crippen LogP) is 2.03. The van der Waals surface area contributed by atoms with Gasteiger partial charge >= 0.3 is 0 Å². The van der Waals surface area contributed by atoms with E-state index in [1.165, 1.54) is 12.8 Å². The van der Waals surface area contributed by atoms with Gasteiger partial charge in [-0.25, -0.2) is 0 Å². The average molecular weight is 173 g/mol. The van der Waals surface area contributed by atoms with Gasteiger partial charge in [0.2, 0.25) is 0 Å². The van der Waals surface area contributed by atoms with Gasteiger partial charge in [-0.05, 0) is 30.5 Å². The van der Waals surface area contributed by atoms with Crippen LogP contribution in [0.1, 0.15) is 33.6 Å². The Labute approximate surface area is 72.5 Å². The molecule has 1 rings (SSSR count). The van der Waals surface area contributed by atoms with Crippen molar-refractivity contribution in [1.29, 1.82) is 0 Å². The first-order valence-electron chi connectivity index (χ1n) is 4.64. The standard InChI is InChI=1S/C9H20NP/c1-4-9(3,11)7-6-8(7)10-5-2/h7-8,10H,4-6,11H2,1-3H3. The molecule has 1 fully saturated rings.